The summed E-state index contributed by atoms with van der Waals surface area (Å²) in [6.07, 6.45) is 1.18. The van der Waals surface area contributed by atoms with E-state index in [1.807, 2.05) is 12.1 Å². The van der Waals surface area contributed by atoms with Gasteiger partial charge in [-0.15, -0.1) is 0 Å². The summed E-state index contributed by atoms with van der Waals surface area (Å²) in [4.78, 5) is 0. The highest BCUT2D eigenvalue weighted by molar-refractivity contribution is 9.10. The molecule has 1 aliphatic rings. The first-order valence-electron chi connectivity index (χ1n) is 5.29. The summed E-state index contributed by atoms with van der Waals surface area (Å²) in [5, 5.41) is 4.37. The van der Waals surface area contributed by atoms with Crippen molar-refractivity contribution in [2.45, 2.75) is 38.3 Å². The molecule has 1 saturated heterocycles. The molecule has 0 bridgehead atoms. The molecule has 1 N–H and O–H groups in total. The van der Waals surface area contributed by atoms with Crippen molar-refractivity contribution in [3.63, 3.8) is 0 Å². The topological polar surface area (TPSA) is 12.0 Å². The normalized spacial score (nSPS) is 30.8. The summed E-state index contributed by atoms with van der Waals surface area (Å²) in [5.74, 6) is 0.563. The summed E-state index contributed by atoms with van der Waals surface area (Å²) in [6.45, 7) is 4.47. The summed E-state index contributed by atoms with van der Waals surface area (Å²) >= 11 is 9.64. The van der Waals surface area contributed by atoms with Crippen LogP contribution in [0.4, 0.5) is 0 Å². The van der Waals surface area contributed by atoms with Crippen molar-refractivity contribution < 1.29 is 0 Å². The van der Waals surface area contributed by atoms with Gasteiger partial charge in [0, 0.05) is 27.5 Å². The van der Waals surface area contributed by atoms with Crippen molar-refractivity contribution in [3.8, 4) is 0 Å². The summed E-state index contributed by atoms with van der Waals surface area (Å²) in [6, 6.07) is 7.15. The fourth-order valence-corrected chi connectivity index (χ4v) is 3.13. The standard InChI is InChI=1S/C12H15BrClN/c1-7-5-10(8(2)15-7)11-6-9(14)3-4-12(11)13/h3-4,6-8,10,15H,5H2,1-2H3. The minimum atomic E-state index is 0.523. The fourth-order valence-electron chi connectivity index (χ4n) is 2.41. The molecular formula is C12H15BrClN. The zero-order valence-corrected chi connectivity index (χ0v) is 11.3. The van der Waals surface area contributed by atoms with Crippen LogP contribution in [0.5, 0.6) is 0 Å². The van der Waals surface area contributed by atoms with Crippen LogP contribution >= 0.6 is 27.5 Å². The van der Waals surface area contributed by atoms with Crippen molar-refractivity contribution in [2.24, 2.45) is 0 Å². The molecule has 0 spiro atoms. The zero-order chi connectivity index (χ0) is 11.0. The van der Waals surface area contributed by atoms with Gasteiger partial charge in [0.05, 0.1) is 0 Å². The number of hydrogen-bond acceptors (Lipinski definition) is 1. The van der Waals surface area contributed by atoms with Crippen LogP contribution < -0.4 is 5.32 Å². The SMILES string of the molecule is CC1CC(c2cc(Cl)ccc2Br)C(C)N1. The van der Waals surface area contributed by atoms with Gasteiger partial charge in [-0.25, -0.2) is 0 Å². The minimum Gasteiger partial charge on any atom is -0.311 e. The van der Waals surface area contributed by atoms with E-state index < -0.39 is 0 Å². The molecule has 0 saturated carbocycles. The highest BCUT2D eigenvalue weighted by Crippen LogP contribution is 2.36. The minimum absolute atomic E-state index is 0.523. The second-order valence-electron chi connectivity index (χ2n) is 4.36. The van der Waals surface area contributed by atoms with Gasteiger partial charge in [0.15, 0.2) is 0 Å². The van der Waals surface area contributed by atoms with Crippen molar-refractivity contribution >= 4 is 27.5 Å². The number of halogens is 2. The third-order valence-corrected chi connectivity index (χ3v) is 4.07. The highest BCUT2D eigenvalue weighted by atomic mass is 79.9. The van der Waals surface area contributed by atoms with E-state index in [9.17, 15) is 0 Å². The van der Waals surface area contributed by atoms with Crippen LogP contribution in [0.1, 0.15) is 31.7 Å². The Bertz CT molecular complexity index is 367. The van der Waals surface area contributed by atoms with Crippen LogP contribution in [0.3, 0.4) is 0 Å². The monoisotopic (exact) mass is 287 g/mol. The lowest BCUT2D eigenvalue weighted by Crippen LogP contribution is -2.26. The first-order valence-corrected chi connectivity index (χ1v) is 6.46. The molecule has 15 heavy (non-hydrogen) atoms. The Morgan fingerprint density at radius 3 is 2.73 bits per heavy atom. The molecule has 3 atom stereocenters. The van der Waals surface area contributed by atoms with Crippen molar-refractivity contribution in [3.05, 3.63) is 33.3 Å². The van der Waals surface area contributed by atoms with Gasteiger partial charge in [-0.05, 0) is 44.0 Å². The molecule has 1 aliphatic heterocycles. The Balaban J connectivity index is 2.32. The van der Waals surface area contributed by atoms with Gasteiger partial charge in [-0.2, -0.15) is 0 Å². The maximum absolute atomic E-state index is 6.04. The predicted octanol–water partition coefficient (Wildman–Crippen LogP) is 3.96. The first-order chi connectivity index (χ1) is 7.08. The second kappa shape index (κ2) is 4.44. The third-order valence-electron chi connectivity index (χ3n) is 3.12. The van der Waals surface area contributed by atoms with Crippen LogP contribution in [0.25, 0.3) is 0 Å². The number of benzene rings is 1. The van der Waals surface area contributed by atoms with Gasteiger partial charge in [0.25, 0.3) is 0 Å². The van der Waals surface area contributed by atoms with Crippen LogP contribution in [-0.4, -0.2) is 12.1 Å². The van der Waals surface area contributed by atoms with Crippen molar-refractivity contribution in [1.82, 2.24) is 5.32 Å². The smallest absolute Gasteiger partial charge is 0.0409 e. The molecule has 0 radical (unpaired) electrons. The summed E-state index contributed by atoms with van der Waals surface area (Å²) in [5.41, 5.74) is 1.33. The summed E-state index contributed by atoms with van der Waals surface area (Å²) < 4.78 is 1.17. The molecular weight excluding hydrogens is 273 g/mol. The average Bonchev–Trinajstić information content (AvgIpc) is 2.50. The van der Waals surface area contributed by atoms with E-state index in [0.717, 1.165) is 5.02 Å². The van der Waals surface area contributed by atoms with Gasteiger partial charge in [-0.1, -0.05) is 27.5 Å². The highest BCUT2D eigenvalue weighted by Gasteiger charge is 2.30. The molecule has 1 fully saturated rings. The van der Waals surface area contributed by atoms with E-state index in [-0.39, 0.29) is 0 Å². The molecule has 2 rings (SSSR count). The van der Waals surface area contributed by atoms with E-state index >= 15 is 0 Å². The zero-order valence-electron chi connectivity index (χ0n) is 8.93. The number of rotatable bonds is 1. The van der Waals surface area contributed by atoms with E-state index in [1.165, 1.54) is 16.5 Å². The Morgan fingerprint density at radius 1 is 1.40 bits per heavy atom. The Kier molecular flexibility index (Phi) is 3.39. The number of nitrogens with one attached hydrogen (secondary N) is 1. The predicted molar refractivity (Wildman–Crippen MR) is 68.6 cm³/mol. The van der Waals surface area contributed by atoms with Crippen molar-refractivity contribution in [1.29, 1.82) is 0 Å². The summed E-state index contributed by atoms with van der Waals surface area (Å²) in [7, 11) is 0. The van der Waals surface area contributed by atoms with Crippen LogP contribution in [0, 0.1) is 0 Å². The lowest BCUT2D eigenvalue weighted by atomic mass is 9.92. The van der Waals surface area contributed by atoms with E-state index in [1.54, 1.807) is 0 Å². The maximum atomic E-state index is 6.04. The average molecular weight is 289 g/mol. The van der Waals surface area contributed by atoms with Gasteiger partial charge in [-0.3, -0.25) is 0 Å². The molecule has 1 aromatic rings. The molecule has 82 valence electrons. The molecule has 1 aromatic carbocycles. The largest absolute Gasteiger partial charge is 0.311 e. The van der Waals surface area contributed by atoms with Gasteiger partial charge in [0.1, 0.15) is 0 Å². The van der Waals surface area contributed by atoms with E-state index in [0.29, 0.717) is 18.0 Å². The first kappa shape index (κ1) is 11.4. The van der Waals surface area contributed by atoms with Crippen LogP contribution in [0.2, 0.25) is 5.02 Å². The molecule has 3 heteroatoms. The van der Waals surface area contributed by atoms with Gasteiger partial charge in [0.2, 0.25) is 0 Å². The van der Waals surface area contributed by atoms with Gasteiger partial charge < -0.3 is 5.32 Å². The molecule has 1 heterocycles. The van der Waals surface area contributed by atoms with E-state index in [4.69, 9.17) is 11.6 Å². The molecule has 0 amide bonds. The lowest BCUT2D eigenvalue weighted by molar-refractivity contribution is 0.574. The number of hydrogen-bond donors (Lipinski definition) is 1. The molecule has 3 unspecified atom stereocenters. The van der Waals surface area contributed by atoms with E-state index in [2.05, 4.69) is 41.2 Å². The molecule has 1 nitrogen and oxygen atoms in total. The maximum Gasteiger partial charge on any atom is 0.0409 e. The van der Waals surface area contributed by atoms with Crippen LogP contribution in [-0.2, 0) is 0 Å². The van der Waals surface area contributed by atoms with Crippen molar-refractivity contribution in [2.75, 3.05) is 0 Å². The second-order valence-corrected chi connectivity index (χ2v) is 5.66. The molecule has 0 aromatic heterocycles. The Morgan fingerprint density at radius 2 is 2.13 bits per heavy atom. The quantitative estimate of drug-likeness (QED) is 0.825. The fraction of sp³-hybridized carbons (Fsp3) is 0.500. The van der Waals surface area contributed by atoms with Crippen LogP contribution in [0.15, 0.2) is 22.7 Å². The van der Waals surface area contributed by atoms with Gasteiger partial charge >= 0.3 is 0 Å². The third kappa shape index (κ3) is 2.38. The molecule has 0 aliphatic carbocycles. The lowest BCUT2D eigenvalue weighted by Gasteiger charge is -2.17. The Hall–Kier alpha value is -0.0500. The Labute approximate surface area is 104 Å².